The van der Waals surface area contributed by atoms with Crippen LogP contribution in [0.25, 0.3) is 0 Å². The van der Waals surface area contributed by atoms with Crippen LogP contribution in [-0.4, -0.2) is 23.4 Å². The molecule has 1 aromatic carbocycles. The van der Waals surface area contributed by atoms with Gasteiger partial charge in [-0.1, -0.05) is 11.6 Å². The van der Waals surface area contributed by atoms with Crippen LogP contribution in [0.1, 0.15) is 5.56 Å². The van der Waals surface area contributed by atoms with Crippen molar-refractivity contribution in [3.8, 4) is 11.6 Å². The minimum atomic E-state index is -0.506. The Bertz CT molecular complexity index is 632. The quantitative estimate of drug-likeness (QED) is 0.877. The van der Waals surface area contributed by atoms with Crippen molar-refractivity contribution in [3.05, 3.63) is 46.9 Å². The average molecular weight is 281 g/mol. The number of nitrogens with zero attached hydrogens (tertiary/aromatic N) is 2. The molecule has 19 heavy (non-hydrogen) atoms. The molecule has 0 amide bonds. The fraction of sp³-hybridized carbons (Fsp3) is 0.0769. The number of aromatic nitrogens is 1. The first-order valence-corrected chi connectivity index (χ1v) is 5.70. The second-order valence-corrected chi connectivity index (χ2v) is 4.02. The van der Waals surface area contributed by atoms with Crippen molar-refractivity contribution < 1.29 is 14.2 Å². The van der Waals surface area contributed by atoms with Gasteiger partial charge in [0, 0.05) is 18.0 Å². The lowest BCUT2D eigenvalue weighted by Crippen LogP contribution is -1.91. The van der Waals surface area contributed by atoms with Crippen LogP contribution in [0.3, 0.4) is 0 Å². The maximum absolute atomic E-state index is 13.0. The monoisotopic (exact) mass is 280 g/mol. The molecule has 0 unspecified atom stereocenters. The van der Waals surface area contributed by atoms with Crippen molar-refractivity contribution in [1.82, 2.24) is 4.98 Å². The van der Waals surface area contributed by atoms with Gasteiger partial charge in [0.05, 0.1) is 17.8 Å². The van der Waals surface area contributed by atoms with Gasteiger partial charge < -0.3 is 9.84 Å². The van der Waals surface area contributed by atoms with Gasteiger partial charge in [0.2, 0.25) is 0 Å². The molecule has 1 N–H and O–H groups in total. The Balaban J connectivity index is 2.30. The molecule has 2 rings (SSSR count). The molecule has 1 aromatic heterocycles. The van der Waals surface area contributed by atoms with Gasteiger partial charge in [0.25, 0.3) is 5.88 Å². The first-order chi connectivity index (χ1) is 9.11. The van der Waals surface area contributed by atoms with Crippen LogP contribution in [-0.2, 0) is 0 Å². The number of hydrogen-bond donors (Lipinski definition) is 1. The van der Waals surface area contributed by atoms with E-state index in [2.05, 4.69) is 9.98 Å². The minimum Gasteiger partial charge on any atom is -0.503 e. The van der Waals surface area contributed by atoms with E-state index in [1.807, 2.05) is 0 Å². The highest BCUT2D eigenvalue weighted by atomic mass is 35.5. The Hall–Kier alpha value is -2.14. The third-order valence-corrected chi connectivity index (χ3v) is 2.66. The van der Waals surface area contributed by atoms with Gasteiger partial charge in [-0.05, 0) is 24.3 Å². The Kier molecular flexibility index (Phi) is 3.97. The zero-order valence-electron chi connectivity index (χ0n) is 9.97. The molecule has 0 bridgehead atoms. The molecule has 0 aliphatic rings. The summed E-state index contributed by atoms with van der Waals surface area (Å²) in [6.45, 7) is 0. The van der Waals surface area contributed by atoms with Crippen LogP contribution in [0.2, 0.25) is 5.02 Å². The zero-order valence-corrected chi connectivity index (χ0v) is 10.7. The highest BCUT2D eigenvalue weighted by molar-refractivity contribution is 6.31. The van der Waals surface area contributed by atoms with E-state index in [-0.39, 0.29) is 16.7 Å². The first-order valence-electron chi connectivity index (χ1n) is 5.33. The normalized spacial score (nSPS) is 10.9. The summed E-state index contributed by atoms with van der Waals surface area (Å²) in [5.41, 5.74) is 0.911. The molecule has 0 saturated heterocycles. The Morgan fingerprint density at radius 1 is 1.42 bits per heavy atom. The summed E-state index contributed by atoms with van der Waals surface area (Å²) >= 11 is 5.65. The topological polar surface area (TPSA) is 54.7 Å². The summed E-state index contributed by atoms with van der Waals surface area (Å²) in [5, 5.41) is 9.79. The summed E-state index contributed by atoms with van der Waals surface area (Å²) in [4.78, 5) is 7.93. The number of halogens is 2. The van der Waals surface area contributed by atoms with E-state index in [1.54, 1.807) is 6.07 Å². The lowest BCUT2D eigenvalue weighted by Gasteiger charge is -2.03. The predicted molar refractivity (Wildman–Crippen MR) is 71.1 cm³/mol. The van der Waals surface area contributed by atoms with Gasteiger partial charge in [-0.2, -0.15) is 0 Å². The molecule has 0 aliphatic carbocycles. The van der Waals surface area contributed by atoms with Crippen molar-refractivity contribution in [2.24, 2.45) is 4.99 Å². The summed E-state index contributed by atoms with van der Waals surface area (Å²) in [6.07, 6.45) is 2.90. The number of methoxy groups -OCH3 is 1. The molecule has 0 aliphatic heterocycles. The third kappa shape index (κ3) is 3.00. The highest BCUT2D eigenvalue weighted by Crippen LogP contribution is 2.26. The van der Waals surface area contributed by atoms with E-state index in [0.717, 1.165) is 0 Å². The number of hydrogen-bond acceptors (Lipinski definition) is 4. The lowest BCUT2D eigenvalue weighted by molar-refractivity contribution is 0.358. The molecule has 6 heteroatoms. The molecule has 98 valence electrons. The Labute approximate surface area is 114 Å². The second kappa shape index (κ2) is 5.67. The Morgan fingerprint density at radius 2 is 2.21 bits per heavy atom. The van der Waals surface area contributed by atoms with Gasteiger partial charge >= 0.3 is 0 Å². The van der Waals surface area contributed by atoms with E-state index in [4.69, 9.17) is 16.3 Å². The van der Waals surface area contributed by atoms with E-state index < -0.39 is 5.82 Å². The number of pyridine rings is 1. The van der Waals surface area contributed by atoms with Gasteiger partial charge in [-0.25, -0.2) is 9.37 Å². The summed E-state index contributed by atoms with van der Waals surface area (Å²) in [7, 11) is 1.41. The van der Waals surface area contributed by atoms with Crippen LogP contribution < -0.4 is 4.74 Å². The summed E-state index contributed by atoms with van der Waals surface area (Å²) in [6, 6.07) is 5.67. The molecular weight excluding hydrogens is 271 g/mol. The highest BCUT2D eigenvalue weighted by Gasteiger charge is 2.06. The number of aliphatic imine (C=N–C) groups is 1. The molecule has 4 nitrogen and oxygen atoms in total. The van der Waals surface area contributed by atoms with Crippen LogP contribution >= 0.6 is 11.6 Å². The molecule has 0 fully saturated rings. The van der Waals surface area contributed by atoms with E-state index >= 15 is 0 Å². The number of benzene rings is 1. The second-order valence-electron chi connectivity index (χ2n) is 3.61. The Morgan fingerprint density at radius 3 is 2.89 bits per heavy atom. The van der Waals surface area contributed by atoms with E-state index in [9.17, 15) is 9.50 Å². The fourth-order valence-corrected chi connectivity index (χ4v) is 1.59. The summed E-state index contributed by atoms with van der Waals surface area (Å²) in [5.74, 6) is -0.503. The van der Waals surface area contributed by atoms with Crippen molar-refractivity contribution >= 4 is 23.5 Å². The average Bonchev–Trinajstić information content (AvgIpc) is 2.41. The van der Waals surface area contributed by atoms with Gasteiger partial charge in [0.15, 0.2) is 5.75 Å². The standard InChI is InChI=1S/C13H10ClFN2O2/c1-19-13-12(18)8(4-5-16-13)7-17-9-2-3-11(15)10(14)6-9/h2-7,18H,1H3/b17-7+. The molecule has 0 radical (unpaired) electrons. The van der Waals surface area contributed by atoms with E-state index in [1.165, 1.54) is 37.7 Å². The zero-order chi connectivity index (χ0) is 13.8. The number of rotatable bonds is 3. The van der Waals surface area contributed by atoms with Crippen molar-refractivity contribution in [2.75, 3.05) is 7.11 Å². The van der Waals surface area contributed by atoms with Crippen molar-refractivity contribution in [2.45, 2.75) is 0 Å². The first kappa shape index (κ1) is 13.3. The van der Waals surface area contributed by atoms with Gasteiger partial charge in [-0.15, -0.1) is 0 Å². The minimum absolute atomic E-state index is 0.00817. The van der Waals surface area contributed by atoms with Crippen LogP contribution in [0, 0.1) is 5.82 Å². The number of aromatic hydroxyl groups is 1. The van der Waals surface area contributed by atoms with Gasteiger partial charge in [-0.3, -0.25) is 4.99 Å². The maximum Gasteiger partial charge on any atom is 0.257 e. The smallest absolute Gasteiger partial charge is 0.257 e. The molecule has 0 spiro atoms. The summed E-state index contributed by atoms with van der Waals surface area (Å²) < 4.78 is 17.9. The van der Waals surface area contributed by atoms with Crippen molar-refractivity contribution in [1.29, 1.82) is 0 Å². The largest absolute Gasteiger partial charge is 0.503 e. The number of ether oxygens (including phenoxy) is 1. The molecule has 0 saturated carbocycles. The molecule has 2 aromatic rings. The molecule has 1 heterocycles. The predicted octanol–water partition coefficient (Wildman–Crippen LogP) is 3.34. The van der Waals surface area contributed by atoms with Crippen molar-refractivity contribution in [3.63, 3.8) is 0 Å². The van der Waals surface area contributed by atoms with Crippen LogP contribution in [0.5, 0.6) is 11.6 Å². The molecule has 0 atom stereocenters. The van der Waals surface area contributed by atoms with Gasteiger partial charge in [0.1, 0.15) is 5.82 Å². The SMILES string of the molecule is COc1nccc(/C=N/c2ccc(F)c(Cl)c2)c1O. The third-order valence-electron chi connectivity index (χ3n) is 2.37. The molecular formula is C13H10ClFN2O2. The van der Waals surface area contributed by atoms with E-state index in [0.29, 0.717) is 11.3 Å². The fourth-order valence-electron chi connectivity index (χ4n) is 1.41. The van der Waals surface area contributed by atoms with Crippen LogP contribution in [0.15, 0.2) is 35.5 Å². The van der Waals surface area contributed by atoms with Crippen LogP contribution in [0.4, 0.5) is 10.1 Å². The maximum atomic E-state index is 13.0. The lowest BCUT2D eigenvalue weighted by atomic mass is 10.2.